The predicted molar refractivity (Wildman–Crippen MR) is 109 cm³/mol. The number of phenols is 1. The Balaban J connectivity index is 1.80. The van der Waals surface area contributed by atoms with E-state index in [4.69, 9.17) is 9.94 Å². The maximum absolute atomic E-state index is 13.8. The number of rotatable bonds is 6. The van der Waals surface area contributed by atoms with Crippen molar-refractivity contribution in [2.75, 3.05) is 5.32 Å². The van der Waals surface area contributed by atoms with Crippen LogP contribution in [0, 0.1) is 5.82 Å². The summed E-state index contributed by atoms with van der Waals surface area (Å²) in [7, 11) is 0. The first-order valence-electron chi connectivity index (χ1n) is 9.02. The van der Waals surface area contributed by atoms with Crippen LogP contribution in [0.25, 0.3) is 10.8 Å². The van der Waals surface area contributed by atoms with Gasteiger partial charge in [0.25, 0.3) is 5.91 Å². The van der Waals surface area contributed by atoms with Gasteiger partial charge in [-0.1, -0.05) is 48.5 Å². The normalized spacial score (nSPS) is 11.9. The maximum Gasteiger partial charge on any atom is 0.412 e. The van der Waals surface area contributed by atoms with Crippen molar-refractivity contribution < 1.29 is 29.0 Å². The summed E-state index contributed by atoms with van der Waals surface area (Å²) in [5, 5.41) is 22.4. The van der Waals surface area contributed by atoms with E-state index in [-0.39, 0.29) is 12.0 Å². The minimum Gasteiger partial charge on any atom is -0.505 e. The zero-order valence-electron chi connectivity index (χ0n) is 15.7. The molecule has 1 atom stereocenters. The molecule has 0 aromatic heterocycles. The number of halogens is 1. The third-order valence-electron chi connectivity index (χ3n) is 4.35. The number of amides is 2. The second-order valence-electron chi connectivity index (χ2n) is 6.37. The summed E-state index contributed by atoms with van der Waals surface area (Å²) in [5.41, 5.74) is 2.28. The van der Waals surface area contributed by atoms with Crippen molar-refractivity contribution in [3.8, 4) is 5.75 Å². The fourth-order valence-corrected chi connectivity index (χ4v) is 2.91. The summed E-state index contributed by atoms with van der Waals surface area (Å²) in [6.07, 6.45) is 0.727. The Kier molecular flexibility index (Phi) is 6.61. The van der Waals surface area contributed by atoms with Crippen LogP contribution in [-0.2, 0) is 9.53 Å². The summed E-state index contributed by atoms with van der Waals surface area (Å²) in [6.45, 7) is 0. The van der Waals surface area contributed by atoms with E-state index in [0.717, 1.165) is 29.0 Å². The molecule has 0 aliphatic heterocycles. The summed E-state index contributed by atoms with van der Waals surface area (Å²) >= 11 is 0. The highest BCUT2D eigenvalue weighted by Gasteiger charge is 2.18. The van der Waals surface area contributed by atoms with Crippen molar-refractivity contribution in [2.45, 2.75) is 12.5 Å². The monoisotopic (exact) mass is 410 g/mol. The standard InChI is InChI=1S/C22H19FN2O5/c23-17-13-15(11-12-19(17)26)20(9-4-10-21(27)25-29)30-22(28)24-18-8-3-6-14-5-1-2-7-16(14)18/h1-8,10-13,20,26,29H,9H2,(H,24,28)(H,25,27)/b10-4+/t20-/m0/s1. The minimum atomic E-state index is -0.946. The fraction of sp³-hybridized carbons (Fsp3) is 0.0909. The Bertz CT molecular complexity index is 1090. The largest absolute Gasteiger partial charge is 0.505 e. The molecule has 0 saturated carbocycles. The summed E-state index contributed by atoms with van der Waals surface area (Å²) in [6, 6.07) is 16.5. The summed E-state index contributed by atoms with van der Waals surface area (Å²) < 4.78 is 19.2. The second-order valence-corrected chi connectivity index (χ2v) is 6.37. The van der Waals surface area contributed by atoms with Crippen LogP contribution < -0.4 is 10.8 Å². The molecule has 0 aliphatic rings. The number of anilines is 1. The molecule has 3 rings (SSSR count). The van der Waals surface area contributed by atoms with Crippen LogP contribution in [0.2, 0.25) is 0 Å². The molecule has 0 saturated heterocycles. The topological polar surface area (TPSA) is 108 Å². The first kappa shape index (κ1) is 20.8. The van der Waals surface area contributed by atoms with E-state index in [1.54, 1.807) is 12.1 Å². The van der Waals surface area contributed by atoms with E-state index < -0.39 is 29.7 Å². The molecule has 154 valence electrons. The van der Waals surface area contributed by atoms with Crippen LogP contribution in [-0.4, -0.2) is 22.3 Å². The van der Waals surface area contributed by atoms with Gasteiger partial charge in [-0.25, -0.2) is 14.7 Å². The molecule has 4 N–H and O–H groups in total. The molecule has 0 unspecified atom stereocenters. The molecular weight excluding hydrogens is 391 g/mol. The number of carbonyl (C=O) groups is 2. The van der Waals surface area contributed by atoms with Gasteiger partial charge >= 0.3 is 6.09 Å². The van der Waals surface area contributed by atoms with Gasteiger partial charge in [0.05, 0.1) is 5.69 Å². The lowest BCUT2D eigenvalue weighted by Crippen LogP contribution is -2.18. The van der Waals surface area contributed by atoms with Crippen LogP contribution >= 0.6 is 0 Å². The smallest absolute Gasteiger partial charge is 0.412 e. The molecule has 8 heteroatoms. The molecule has 7 nitrogen and oxygen atoms in total. The van der Waals surface area contributed by atoms with Gasteiger partial charge in [-0.05, 0) is 29.1 Å². The third-order valence-corrected chi connectivity index (χ3v) is 4.35. The second kappa shape index (κ2) is 9.53. The van der Waals surface area contributed by atoms with Crippen molar-refractivity contribution in [1.29, 1.82) is 0 Å². The Hall–Kier alpha value is -3.91. The molecular formula is C22H19FN2O5. The number of nitrogens with one attached hydrogen (secondary N) is 2. The van der Waals surface area contributed by atoms with Gasteiger partial charge in [-0.15, -0.1) is 0 Å². The molecule has 30 heavy (non-hydrogen) atoms. The number of phenolic OH excluding ortho intramolecular Hbond substituents is 1. The number of aromatic hydroxyl groups is 1. The van der Waals surface area contributed by atoms with Crippen molar-refractivity contribution >= 4 is 28.5 Å². The summed E-state index contributed by atoms with van der Waals surface area (Å²) in [5.74, 6) is -2.16. The quantitative estimate of drug-likeness (QED) is 0.273. The first-order valence-corrected chi connectivity index (χ1v) is 9.02. The Morgan fingerprint density at radius 1 is 1.10 bits per heavy atom. The average Bonchev–Trinajstić information content (AvgIpc) is 2.75. The zero-order chi connectivity index (χ0) is 21.5. The average molecular weight is 410 g/mol. The first-order chi connectivity index (χ1) is 14.5. The van der Waals surface area contributed by atoms with Gasteiger partial charge < -0.3 is 9.84 Å². The molecule has 2 amide bonds. The number of hydroxylamine groups is 1. The van der Waals surface area contributed by atoms with Gasteiger partial charge in [-0.3, -0.25) is 15.3 Å². The number of hydrogen-bond donors (Lipinski definition) is 4. The number of ether oxygens (including phenoxy) is 1. The fourth-order valence-electron chi connectivity index (χ4n) is 2.91. The Morgan fingerprint density at radius 3 is 2.63 bits per heavy atom. The van der Waals surface area contributed by atoms with Crippen LogP contribution in [0.15, 0.2) is 72.8 Å². The minimum absolute atomic E-state index is 0.0284. The lowest BCUT2D eigenvalue weighted by atomic mass is 10.1. The number of carbonyl (C=O) groups excluding carboxylic acids is 2. The highest BCUT2D eigenvalue weighted by Crippen LogP contribution is 2.28. The van der Waals surface area contributed by atoms with Crippen molar-refractivity contribution in [3.63, 3.8) is 0 Å². The van der Waals surface area contributed by atoms with E-state index in [1.165, 1.54) is 17.6 Å². The van der Waals surface area contributed by atoms with E-state index in [0.29, 0.717) is 5.69 Å². The lowest BCUT2D eigenvalue weighted by Gasteiger charge is -2.18. The maximum atomic E-state index is 13.8. The molecule has 0 heterocycles. The molecule has 0 spiro atoms. The number of benzene rings is 3. The Morgan fingerprint density at radius 2 is 1.87 bits per heavy atom. The van der Waals surface area contributed by atoms with Gasteiger partial charge in [0.1, 0.15) is 6.10 Å². The highest BCUT2D eigenvalue weighted by molar-refractivity contribution is 6.00. The molecule has 0 fully saturated rings. The Labute approximate surface area is 171 Å². The van der Waals surface area contributed by atoms with Crippen LogP contribution in [0.4, 0.5) is 14.9 Å². The summed E-state index contributed by atoms with van der Waals surface area (Å²) in [4.78, 5) is 23.7. The molecule has 0 radical (unpaired) electrons. The molecule has 3 aromatic rings. The third kappa shape index (κ3) is 5.12. The van der Waals surface area contributed by atoms with E-state index >= 15 is 0 Å². The molecule has 3 aromatic carbocycles. The van der Waals surface area contributed by atoms with Crippen molar-refractivity contribution in [1.82, 2.24) is 5.48 Å². The van der Waals surface area contributed by atoms with Crippen LogP contribution in [0.5, 0.6) is 5.75 Å². The SMILES string of the molecule is O=C(/C=C/C[C@H](OC(=O)Nc1cccc2ccccc12)c1ccc(O)c(F)c1)NO. The van der Waals surface area contributed by atoms with Crippen LogP contribution in [0.3, 0.4) is 0 Å². The number of fused-ring (bicyclic) bond motifs is 1. The lowest BCUT2D eigenvalue weighted by molar-refractivity contribution is -0.124. The van der Waals surface area contributed by atoms with Crippen molar-refractivity contribution in [3.05, 3.63) is 84.2 Å². The van der Waals surface area contributed by atoms with E-state index in [9.17, 15) is 19.1 Å². The van der Waals surface area contributed by atoms with E-state index in [1.807, 2.05) is 30.3 Å². The van der Waals surface area contributed by atoms with Crippen molar-refractivity contribution in [2.24, 2.45) is 0 Å². The predicted octanol–water partition coefficient (Wildman–Crippen LogP) is 4.43. The van der Waals surface area contributed by atoms with Gasteiger partial charge in [0.15, 0.2) is 11.6 Å². The zero-order valence-corrected chi connectivity index (χ0v) is 15.7. The number of hydrogen-bond acceptors (Lipinski definition) is 5. The van der Waals surface area contributed by atoms with Gasteiger partial charge in [0, 0.05) is 17.9 Å². The van der Waals surface area contributed by atoms with E-state index in [2.05, 4.69) is 5.32 Å². The molecule has 0 bridgehead atoms. The van der Waals surface area contributed by atoms with Gasteiger partial charge in [0.2, 0.25) is 0 Å². The van der Waals surface area contributed by atoms with Crippen LogP contribution in [0.1, 0.15) is 18.1 Å². The highest BCUT2D eigenvalue weighted by atomic mass is 19.1. The molecule has 0 aliphatic carbocycles. The van der Waals surface area contributed by atoms with Gasteiger partial charge in [-0.2, -0.15) is 0 Å².